The zero-order valence-corrected chi connectivity index (χ0v) is 8.51. The maximum atomic E-state index is 5.53. The highest BCUT2D eigenvalue weighted by Gasteiger charge is 1.99. The topological polar surface area (TPSA) is 41.8 Å². The zero-order chi connectivity index (χ0) is 9.97. The van der Waals surface area contributed by atoms with Crippen LogP contribution < -0.4 is 5.73 Å². The monoisotopic (exact) mass is 188 g/mol. The lowest BCUT2D eigenvalue weighted by atomic mass is 10.1. The van der Waals surface area contributed by atoms with E-state index in [4.69, 9.17) is 5.73 Å². The molecule has 0 saturated heterocycles. The molecule has 0 bridgehead atoms. The van der Waals surface area contributed by atoms with Crippen LogP contribution in [0.4, 0.5) is 0 Å². The quantitative estimate of drug-likeness (QED) is 0.762. The van der Waals surface area contributed by atoms with Gasteiger partial charge in [-0.1, -0.05) is 13.0 Å². The van der Waals surface area contributed by atoms with Gasteiger partial charge in [0.1, 0.15) is 0 Å². The van der Waals surface area contributed by atoms with E-state index in [0.717, 1.165) is 19.4 Å². The number of aromatic nitrogens is 1. The van der Waals surface area contributed by atoms with E-state index in [0.29, 0.717) is 0 Å². The maximum absolute atomic E-state index is 5.53. The van der Waals surface area contributed by atoms with Crippen LogP contribution in [0.3, 0.4) is 0 Å². The van der Waals surface area contributed by atoms with Crippen molar-refractivity contribution in [3.8, 4) is 0 Å². The van der Waals surface area contributed by atoms with Crippen LogP contribution in [0.2, 0.25) is 0 Å². The Balaban J connectivity index is 2.43. The van der Waals surface area contributed by atoms with Gasteiger partial charge in [0.25, 0.3) is 0 Å². The molecule has 0 atom stereocenters. The van der Waals surface area contributed by atoms with Crippen LogP contribution in [0.25, 0.3) is 10.9 Å². The van der Waals surface area contributed by atoms with Crippen LogP contribution in [0.15, 0.2) is 24.3 Å². The SMILES string of the molecule is CCc1cc2cc(CCN)ccc2[nH]1. The van der Waals surface area contributed by atoms with Gasteiger partial charge in [-0.15, -0.1) is 0 Å². The molecule has 0 amide bonds. The Hall–Kier alpha value is -1.28. The van der Waals surface area contributed by atoms with Gasteiger partial charge < -0.3 is 10.7 Å². The molecule has 0 spiro atoms. The third-order valence-electron chi connectivity index (χ3n) is 2.55. The Morgan fingerprint density at radius 1 is 1.29 bits per heavy atom. The summed E-state index contributed by atoms with van der Waals surface area (Å²) in [5, 5.41) is 1.30. The van der Waals surface area contributed by atoms with E-state index in [1.807, 2.05) is 0 Å². The predicted octanol–water partition coefficient (Wildman–Crippen LogP) is 2.23. The second-order valence-electron chi connectivity index (χ2n) is 3.61. The minimum absolute atomic E-state index is 0.719. The molecule has 0 saturated carbocycles. The molecule has 0 fully saturated rings. The molecule has 2 rings (SSSR count). The van der Waals surface area contributed by atoms with Crippen molar-refractivity contribution in [2.24, 2.45) is 5.73 Å². The number of hydrogen-bond acceptors (Lipinski definition) is 1. The molecule has 0 aliphatic rings. The number of aryl methyl sites for hydroxylation is 1. The number of hydrogen-bond donors (Lipinski definition) is 2. The minimum Gasteiger partial charge on any atom is -0.358 e. The number of nitrogens with one attached hydrogen (secondary N) is 1. The van der Waals surface area contributed by atoms with Crippen LogP contribution in [0, 0.1) is 0 Å². The first-order valence-corrected chi connectivity index (χ1v) is 5.14. The molecular weight excluding hydrogens is 172 g/mol. The molecular formula is C12H16N2. The number of rotatable bonds is 3. The summed E-state index contributed by atoms with van der Waals surface area (Å²) in [7, 11) is 0. The van der Waals surface area contributed by atoms with Gasteiger partial charge in [0.05, 0.1) is 0 Å². The van der Waals surface area contributed by atoms with Crippen LogP contribution in [0.1, 0.15) is 18.2 Å². The van der Waals surface area contributed by atoms with Crippen molar-refractivity contribution in [3.63, 3.8) is 0 Å². The standard InChI is InChI=1S/C12H16N2/c1-2-11-8-10-7-9(5-6-13)3-4-12(10)14-11/h3-4,7-8,14H,2,5-6,13H2,1H3. The van der Waals surface area contributed by atoms with Crippen LogP contribution in [-0.4, -0.2) is 11.5 Å². The third kappa shape index (κ3) is 1.66. The molecule has 1 aromatic carbocycles. The first-order valence-electron chi connectivity index (χ1n) is 5.14. The molecule has 14 heavy (non-hydrogen) atoms. The maximum Gasteiger partial charge on any atom is 0.0456 e. The van der Waals surface area contributed by atoms with E-state index in [1.165, 1.54) is 22.2 Å². The van der Waals surface area contributed by atoms with Gasteiger partial charge in [-0.2, -0.15) is 0 Å². The normalized spacial score (nSPS) is 11.0. The van der Waals surface area contributed by atoms with Crippen molar-refractivity contribution in [1.82, 2.24) is 4.98 Å². The first-order chi connectivity index (χ1) is 6.83. The molecule has 74 valence electrons. The summed E-state index contributed by atoms with van der Waals surface area (Å²) in [5.74, 6) is 0. The summed E-state index contributed by atoms with van der Waals surface area (Å²) in [6.45, 7) is 2.88. The van der Waals surface area contributed by atoms with Crippen molar-refractivity contribution in [3.05, 3.63) is 35.5 Å². The van der Waals surface area contributed by atoms with E-state index in [1.54, 1.807) is 0 Å². The van der Waals surface area contributed by atoms with E-state index >= 15 is 0 Å². The van der Waals surface area contributed by atoms with Crippen LogP contribution in [0.5, 0.6) is 0 Å². The summed E-state index contributed by atoms with van der Waals surface area (Å²) in [6.07, 6.45) is 2.02. The summed E-state index contributed by atoms with van der Waals surface area (Å²) >= 11 is 0. The molecule has 0 unspecified atom stereocenters. The number of aromatic amines is 1. The fourth-order valence-electron chi connectivity index (χ4n) is 1.75. The molecule has 1 aromatic heterocycles. The van der Waals surface area contributed by atoms with Gasteiger partial charge in [-0.05, 0) is 48.5 Å². The van der Waals surface area contributed by atoms with Gasteiger partial charge in [0.2, 0.25) is 0 Å². The summed E-state index contributed by atoms with van der Waals surface area (Å²) in [5.41, 5.74) is 9.37. The van der Waals surface area contributed by atoms with Gasteiger partial charge in [0.15, 0.2) is 0 Å². The fraction of sp³-hybridized carbons (Fsp3) is 0.333. The lowest BCUT2D eigenvalue weighted by Crippen LogP contribution is -2.02. The van der Waals surface area contributed by atoms with Crippen molar-refractivity contribution in [1.29, 1.82) is 0 Å². The van der Waals surface area contributed by atoms with Crippen LogP contribution >= 0.6 is 0 Å². The second kappa shape index (κ2) is 3.84. The molecule has 2 aromatic rings. The second-order valence-corrected chi connectivity index (χ2v) is 3.61. The highest BCUT2D eigenvalue weighted by molar-refractivity contribution is 5.81. The van der Waals surface area contributed by atoms with Crippen molar-refractivity contribution < 1.29 is 0 Å². The van der Waals surface area contributed by atoms with Gasteiger partial charge >= 0.3 is 0 Å². The molecule has 3 N–H and O–H groups in total. The van der Waals surface area contributed by atoms with Gasteiger partial charge in [-0.25, -0.2) is 0 Å². The van der Waals surface area contributed by atoms with E-state index < -0.39 is 0 Å². The van der Waals surface area contributed by atoms with Crippen molar-refractivity contribution in [2.45, 2.75) is 19.8 Å². The number of fused-ring (bicyclic) bond motifs is 1. The van der Waals surface area contributed by atoms with E-state index in [2.05, 4.69) is 36.2 Å². The van der Waals surface area contributed by atoms with Gasteiger partial charge in [0, 0.05) is 11.2 Å². The predicted molar refractivity (Wildman–Crippen MR) is 60.4 cm³/mol. The smallest absolute Gasteiger partial charge is 0.0456 e. The Kier molecular flexibility index (Phi) is 2.55. The summed E-state index contributed by atoms with van der Waals surface area (Å²) in [6, 6.07) is 8.72. The van der Waals surface area contributed by atoms with Crippen LogP contribution in [-0.2, 0) is 12.8 Å². The Morgan fingerprint density at radius 3 is 2.86 bits per heavy atom. The molecule has 0 radical (unpaired) electrons. The average Bonchev–Trinajstić information content (AvgIpc) is 2.60. The Bertz CT molecular complexity index is 429. The largest absolute Gasteiger partial charge is 0.358 e. The number of benzene rings is 1. The third-order valence-corrected chi connectivity index (χ3v) is 2.55. The van der Waals surface area contributed by atoms with E-state index in [9.17, 15) is 0 Å². The molecule has 0 aliphatic carbocycles. The molecule has 2 heteroatoms. The van der Waals surface area contributed by atoms with Crippen molar-refractivity contribution in [2.75, 3.05) is 6.54 Å². The Morgan fingerprint density at radius 2 is 2.14 bits per heavy atom. The Labute approximate surface area is 84.1 Å². The van der Waals surface area contributed by atoms with E-state index in [-0.39, 0.29) is 0 Å². The highest BCUT2D eigenvalue weighted by Crippen LogP contribution is 2.17. The first kappa shape index (κ1) is 9.28. The lowest BCUT2D eigenvalue weighted by molar-refractivity contribution is 0.971. The summed E-state index contributed by atoms with van der Waals surface area (Å²) in [4.78, 5) is 3.38. The molecule has 1 heterocycles. The molecule has 2 nitrogen and oxygen atoms in total. The van der Waals surface area contributed by atoms with Gasteiger partial charge in [-0.3, -0.25) is 0 Å². The van der Waals surface area contributed by atoms with Crippen molar-refractivity contribution >= 4 is 10.9 Å². The molecule has 0 aliphatic heterocycles. The lowest BCUT2D eigenvalue weighted by Gasteiger charge is -1.97. The summed E-state index contributed by atoms with van der Waals surface area (Å²) < 4.78 is 0. The number of H-pyrrole nitrogens is 1. The number of nitrogens with two attached hydrogens (primary N) is 1. The zero-order valence-electron chi connectivity index (χ0n) is 8.51. The fourth-order valence-corrected chi connectivity index (χ4v) is 1.75. The minimum atomic E-state index is 0.719. The average molecular weight is 188 g/mol. The highest BCUT2D eigenvalue weighted by atomic mass is 14.7.